The van der Waals surface area contributed by atoms with E-state index in [-0.39, 0.29) is 35.7 Å². The second-order valence-electron chi connectivity index (χ2n) is 9.55. The summed E-state index contributed by atoms with van der Waals surface area (Å²) in [7, 11) is 2.53. The van der Waals surface area contributed by atoms with Gasteiger partial charge in [-0.25, -0.2) is 14.4 Å². The molecule has 0 saturated carbocycles. The summed E-state index contributed by atoms with van der Waals surface area (Å²) in [6, 6.07) is 8.98. The molecule has 1 aliphatic heterocycles. The number of ether oxygens (including phenoxy) is 5. The second kappa shape index (κ2) is 11.3. The van der Waals surface area contributed by atoms with Gasteiger partial charge in [0.1, 0.15) is 29.8 Å². The van der Waals surface area contributed by atoms with Crippen LogP contribution in [0.1, 0.15) is 47.9 Å². The molecule has 0 radical (unpaired) electrons. The first-order chi connectivity index (χ1) is 17.4. The molecule has 0 bridgehead atoms. The Labute approximate surface area is 215 Å². The van der Waals surface area contributed by atoms with Gasteiger partial charge in [0.25, 0.3) is 0 Å². The van der Waals surface area contributed by atoms with Crippen molar-refractivity contribution < 1.29 is 38.1 Å². The van der Waals surface area contributed by atoms with Crippen LogP contribution >= 0.6 is 0 Å². The molecule has 1 amide bonds. The van der Waals surface area contributed by atoms with E-state index in [4.69, 9.17) is 35.2 Å². The summed E-state index contributed by atoms with van der Waals surface area (Å²) in [4.78, 5) is 38.5. The first kappa shape index (κ1) is 27.4. The summed E-state index contributed by atoms with van der Waals surface area (Å²) in [6.45, 7) is 5.69. The Morgan fingerprint density at radius 1 is 0.919 bits per heavy atom. The van der Waals surface area contributed by atoms with Gasteiger partial charge in [0, 0.05) is 17.8 Å². The van der Waals surface area contributed by atoms with Gasteiger partial charge in [0.05, 0.1) is 37.9 Å². The highest BCUT2D eigenvalue weighted by molar-refractivity contribution is 5.96. The average molecular weight is 516 g/mol. The first-order valence-electron chi connectivity index (χ1n) is 11.7. The number of hydrogen-bond acceptors (Lipinski definition) is 10. The van der Waals surface area contributed by atoms with Crippen molar-refractivity contribution in [3.05, 3.63) is 47.5 Å². The van der Waals surface area contributed by atoms with E-state index in [1.54, 1.807) is 49.9 Å². The van der Waals surface area contributed by atoms with Gasteiger partial charge < -0.3 is 35.2 Å². The highest BCUT2D eigenvalue weighted by Crippen LogP contribution is 2.29. The van der Waals surface area contributed by atoms with Crippen molar-refractivity contribution in [3.63, 3.8) is 0 Å². The molecule has 2 aromatic rings. The molecule has 1 fully saturated rings. The number of carbonyl (C=O) groups is 3. The standard InChI is InChI=1S/C26H33N3O8/c1-26(2,3)37-25(32)29-13-18(36-17-7-9-22(28)20(12-17)24(31)34-5)10-15(29)14-35-16-6-8-21(27)19(11-16)23(30)33-4/h6-9,11-12,15,18H,10,13-14,27-28H2,1-5H3/t15-,18-/m1/s1. The largest absolute Gasteiger partial charge is 0.491 e. The molecular weight excluding hydrogens is 482 g/mol. The summed E-state index contributed by atoms with van der Waals surface area (Å²) in [5.74, 6) is -0.357. The Hall–Kier alpha value is -4.15. The van der Waals surface area contributed by atoms with E-state index in [1.165, 1.54) is 26.4 Å². The Bertz CT molecular complexity index is 1160. The number of benzene rings is 2. The van der Waals surface area contributed by atoms with Crippen LogP contribution in [-0.4, -0.2) is 68.0 Å². The van der Waals surface area contributed by atoms with Gasteiger partial charge in [0.15, 0.2) is 0 Å². The van der Waals surface area contributed by atoms with E-state index in [0.29, 0.717) is 17.9 Å². The number of esters is 2. The lowest BCUT2D eigenvalue weighted by Crippen LogP contribution is -2.42. The zero-order chi connectivity index (χ0) is 27.3. The number of anilines is 2. The molecule has 2 atom stereocenters. The van der Waals surface area contributed by atoms with Gasteiger partial charge in [-0.3, -0.25) is 4.90 Å². The Morgan fingerprint density at radius 3 is 2.00 bits per heavy atom. The lowest BCUT2D eigenvalue weighted by molar-refractivity contribution is 0.0176. The van der Waals surface area contributed by atoms with Gasteiger partial charge in [-0.2, -0.15) is 0 Å². The maximum Gasteiger partial charge on any atom is 0.410 e. The normalized spacial score (nSPS) is 17.2. The molecule has 1 aliphatic rings. The lowest BCUT2D eigenvalue weighted by Gasteiger charge is -2.28. The third kappa shape index (κ3) is 6.96. The van der Waals surface area contributed by atoms with Crippen LogP contribution in [0.3, 0.4) is 0 Å². The quantitative estimate of drug-likeness (QED) is 0.319. The molecule has 37 heavy (non-hydrogen) atoms. The minimum atomic E-state index is -0.694. The fraction of sp³-hybridized carbons (Fsp3) is 0.423. The number of nitrogen functional groups attached to an aromatic ring is 2. The van der Waals surface area contributed by atoms with Gasteiger partial charge in [-0.1, -0.05) is 0 Å². The molecule has 2 aromatic carbocycles. The monoisotopic (exact) mass is 515 g/mol. The Morgan fingerprint density at radius 2 is 1.46 bits per heavy atom. The molecule has 11 heteroatoms. The highest BCUT2D eigenvalue weighted by Gasteiger charge is 2.39. The molecular formula is C26H33N3O8. The smallest absolute Gasteiger partial charge is 0.410 e. The zero-order valence-electron chi connectivity index (χ0n) is 21.6. The number of carbonyl (C=O) groups excluding carboxylic acids is 3. The number of methoxy groups -OCH3 is 2. The van der Waals surface area contributed by atoms with Crippen LogP contribution in [-0.2, 0) is 14.2 Å². The molecule has 3 rings (SSSR count). The molecule has 200 valence electrons. The van der Waals surface area contributed by atoms with Crippen LogP contribution in [0.2, 0.25) is 0 Å². The fourth-order valence-electron chi connectivity index (χ4n) is 3.85. The van der Waals surface area contributed by atoms with Crippen molar-refractivity contribution in [1.82, 2.24) is 4.90 Å². The summed E-state index contributed by atoms with van der Waals surface area (Å²) < 4.78 is 27.1. The third-order valence-electron chi connectivity index (χ3n) is 5.61. The summed E-state index contributed by atoms with van der Waals surface area (Å²) in [5.41, 5.74) is 11.9. The predicted molar refractivity (Wildman–Crippen MR) is 136 cm³/mol. The molecule has 0 aliphatic carbocycles. The summed E-state index contributed by atoms with van der Waals surface area (Å²) >= 11 is 0. The van der Waals surface area contributed by atoms with Crippen LogP contribution in [0.25, 0.3) is 0 Å². The molecule has 0 unspecified atom stereocenters. The zero-order valence-corrected chi connectivity index (χ0v) is 21.6. The number of nitrogens with zero attached hydrogens (tertiary/aromatic N) is 1. The van der Waals surface area contributed by atoms with Gasteiger partial charge >= 0.3 is 18.0 Å². The average Bonchev–Trinajstić information content (AvgIpc) is 3.25. The van der Waals surface area contributed by atoms with Crippen LogP contribution in [0, 0.1) is 0 Å². The number of likely N-dealkylation sites (tertiary alicyclic amines) is 1. The topological polar surface area (TPSA) is 153 Å². The van der Waals surface area contributed by atoms with E-state index >= 15 is 0 Å². The highest BCUT2D eigenvalue weighted by atomic mass is 16.6. The Kier molecular flexibility index (Phi) is 8.36. The SMILES string of the molecule is COC(=O)c1cc(OC[C@H]2C[C@@H](Oc3ccc(N)c(C(=O)OC)c3)CN2C(=O)OC(C)(C)C)ccc1N. The molecule has 0 aromatic heterocycles. The van der Waals surface area contributed by atoms with Crippen molar-refractivity contribution >= 4 is 29.4 Å². The second-order valence-corrected chi connectivity index (χ2v) is 9.55. The first-order valence-corrected chi connectivity index (χ1v) is 11.7. The van der Waals surface area contributed by atoms with E-state index in [1.807, 2.05) is 0 Å². The molecule has 0 spiro atoms. The van der Waals surface area contributed by atoms with E-state index < -0.39 is 35.8 Å². The summed E-state index contributed by atoms with van der Waals surface area (Å²) in [6.07, 6.45) is -0.490. The maximum absolute atomic E-state index is 13.0. The number of rotatable bonds is 7. The van der Waals surface area contributed by atoms with Gasteiger partial charge in [0.2, 0.25) is 0 Å². The third-order valence-corrected chi connectivity index (χ3v) is 5.61. The number of nitrogens with two attached hydrogens (primary N) is 2. The van der Waals surface area contributed by atoms with Crippen molar-refractivity contribution in [2.24, 2.45) is 0 Å². The van der Waals surface area contributed by atoms with Gasteiger partial charge in [-0.05, 0) is 57.2 Å². The molecule has 1 heterocycles. The Balaban J connectivity index is 1.77. The van der Waals surface area contributed by atoms with Gasteiger partial charge in [-0.15, -0.1) is 0 Å². The molecule has 4 N–H and O–H groups in total. The van der Waals surface area contributed by atoms with Crippen molar-refractivity contribution in [1.29, 1.82) is 0 Å². The van der Waals surface area contributed by atoms with Crippen LogP contribution in [0.4, 0.5) is 16.2 Å². The van der Waals surface area contributed by atoms with Crippen LogP contribution < -0.4 is 20.9 Å². The van der Waals surface area contributed by atoms with Crippen LogP contribution in [0.5, 0.6) is 11.5 Å². The van der Waals surface area contributed by atoms with Crippen molar-refractivity contribution in [2.45, 2.75) is 44.9 Å². The van der Waals surface area contributed by atoms with E-state index in [2.05, 4.69) is 0 Å². The van der Waals surface area contributed by atoms with E-state index in [9.17, 15) is 14.4 Å². The fourth-order valence-corrected chi connectivity index (χ4v) is 3.85. The summed E-state index contributed by atoms with van der Waals surface area (Å²) in [5, 5.41) is 0. The predicted octanol–water partition coefficient (Wildman–Crippen LogP) is 3.26. The maximum atomic E-state index is 13.0. The molecule has 1 saturated heterocycles. The number of hydrogen-bond donors (Lipinski definition) is 2. The van der Waals surface area contributed by atoms with Crippen molar-refractivity contribution in [3.8, 4) is 11.5 Å². The lowest BCUT2D eigenvalue weighted by atomic mass is 10.1. The molecule has 11 nitrogen and oxygen atoms in total. The van der Waals surface area contributed by atoms with Crippen LogP contribution in [0.15, 0.2) is 36.4 Å². The van der Waals surface area contributed by atoms with Crippen molar-refractivity contribution in [2.75, 3.05) is 38.8 Å². The minimum Gasteiger partial charge on any atom is -0.491 e. The number of amides is 1. The van der Waals surface area contributed by atoms with E-state index in [0.717, 1.165) is 0 Å². The minimum absolute atomic E-state index is 0.110.